The molecule has 0 radical (unpaired) electrons. The molecule has 1 atom stereocenters. The Kier molecular flexibility index (Phi) is 7.17. The third-order valence-electron chi connectivity index (χ3n) is 6.91. The van der Waals surface area contributed by atoms with E-state index in [1.807, 2.05) is 38.1 Å². The van der Waals surface area contributed by atoms with Crippen molar-refractivity contribution in [2.24, 2.45) is 0 Å². The first-order valence-corrected chi connectivity index (χ1v) is 11.7. The SMILES string of the molecule is CC(C)=CC[C@H](CC(=O)O)c1ccc(OCc2ccc3c(c2)C(C)(C)CCC3(C)C)cc1. The van der Waals surface area contributed by atoms with Gasteiger partial charge in [-0.15, -0.1) is 0 Å². The van der Waals surface area contributed by atoms with Crippen LogP contribution in [-0.4, -0.2) is 11.1 Å². The highest BCUT2D eigenvalue weighted by Gasteiger charge is 2.36. The van der Waals surface area contributed by atoms with Crippen LogP contribution in [0, 0.1) is 0 Å². The van der Waals surface area contributed by atoms with Gasteiger partial charge < -0.3 is 9.84 Å². The van der Waals surface area contributed by atoms with E-state index in [0.29, 0.717) is 6.61 Å². The summed E-state index contributed by atoms with van der Waals surface area (Å²) in [5, 5.41) is 9.28. The monoisotopic (exact) mass is 434 g/mol. The van der Waals surface area contributed by atoms with Gasteiger partial charge in [-0.05, 0) is 84.2 Å². The number of benzene rings is 2. The zero-order valence-corrected chi connectivity index (χ0v) is 20.5. The molecule has 0 unspecified atom stereocenters. The Balaban J connectivity index is 1.71. The first-order valence-electron chi connectivity index (χ1n) is 11.7. The highest BCUT2D eigenvalue weighted by atomic mass is 16.5. The summed E-state index contributed by atoms with van der Waals surface area (Å²) >= 11 is 0. The van der Waals surface area contributed by atoms with Crippen LogP contribution in [0.3, 0.4) is 0 Å². The summed E-state index contributed by atoms with van der Waals surface area (Å²) in [6.45, 7) is 14.0. The highest BCUT2D eigenvalue weighted by Crippen LogP contribution is 2.46. The van der Waals surface area contributed by atoms with E-state index in [-0.39, 0.29) is 23.2 Å². The van der Waals surface area contributed by atoms with Crippen molar-refractivity contribution >= 4 is 5.97 Å². The van der Waals surface area contributed by atoms with E-state index in [4.69, 9.17) is 4.74 Å². The van der Waals surface area contributed by atoms with Crippen LogP contribution in [-0.2, 0) is 22.2 Å². The third-order valence-corrected chi connectivity index (χ3v) is 6.91. The Bertz CT molecular complexity index is 976. The van der Waals surface area contributed by atoms with Gasteiger partial charge in [-0.1, -0.05) is 69.7 Å². The molecule has 0 saturated carbocycles. The second-order valence-corrected chi connectivity index (χ2v) is 10.8. The number of allylic oxidation sites excluding steroid dienone is 2. The van der Waals surface area contributed by atoms with Gasteiger partial charge in [-0.3, -0.25) is 4.79 Å². The average Bonchev–Trinajstić information content (AvgIpc) is 2.73. The van der Waals surface area contributed by atoms with Crippen molar-refractivity contribution in [1.29, 1.82) is 0 Å². The van der Waals surface area contributed by atoms with Crippen molar-refractivity contribution in [2.75, 3.05) is 0 Å². The second-order valence-electron chi connectivity index (χ2n) is 10.8. The van der Waals surface area contributed by atoms with Gasteiger partial charge in [0.2, 0.25) is 0 Å². The number of hydrogen-bond donors (Lipinski definition) is 1. The van der Waals surface area contributed by atoms with Gasteiger partial charge in [0.25, 0.3) is 0 Å². The van der Waals surface area contributed by atoms with E-state index in [0.717, 1.165) is 17.7 Å². The molecule has 0 fully saturated rings. The summed E-state index contributed by atoms with van der Waals surface area (Å²) in [5.41, 5.74) is 6.74. The van der Waals surface area contributed by atoms with Crippen LogP contribution in [0.25, 0.3) is 0 Å². The molecule has 3 rings (SSSR count). The predicted molar refractivity (Wildman–Crippen MR) is 132 cm³/mol. The Labute approximate surface area is 193 Å². The van der Waals surface area contributed by atoms with Gasteiger partial charge >= 0.3 is 5.97 Å². The molecule has 1 aliphatic carbocycles. The lowest BCUT2D eigenvalue weighted by Gasteiger charge is -2.42. The molecule has 3 heteroatoms. The van der Waals surface area contributed by atoms with Crippen LogP contribution in [0.4, 0.5) is 0 Å². The molecule has 1 N–H and O–H groups in total. The fraction of sp³-hybridized carbons (Fsp3) is 0.483. The van der Waals surface area contributed by atoms with Crippen molar-refractivity contribution < 1.29 is 14.6 Å². The number of ether oxygens (including phenoxy) is 1. The zero-order chi connectivity index (χ0) is 23.5. The molecular formula is C29H38O3. The number of hydrogen-bond acceptors (Lipinski definition) is 2. The zero-order valence-electron chi connectivity index (χ0n) is 20.5. The summed E-state index contributed by atoms with van der Waals surface area (Å²) in [6, 6.07) is 14.7. The lowest BCUT2D eigenvalue weighted by molar-refractivity contribution is -0.137. The Morgan fingerprint density at radius 3 is 2.22 bits per heavy atom. The van der Waals surface area contributed by atoms with Gasteiger partial charge in [-0.25, -0.2) is 0 Å². The summed E-state index contributed by atoms with van der Waals surface area (Å²) in [5.74, 6) is 0.0148. The molecular weight excluding hydrogens is 396 g/mol. The van der Waals surface area contributed by atoms with E-state index >= 15 is 0 Å². The fourth-order valence-corrected chi connectivity index (χ4v) is 4.65. The minimum absolute atomic E-state index is 0.0253. The van der Waals surface area contributed by atoms with E-state index in [1.54, 1.807) is 0 Å². The van der Waals surface area contributed by atoms with E-state index in [2.05, 4.69) is 52.0 Å². The maximum atomic E-state index is 11.3. The summed E-state index contributed by atoms with van der Waals surface area (Å²) in [7, 11) is 0. The quantitative estimate of drug-likeness (QED) is 0.437. The molecule has 0 amide bonds. The topological polar surface area (TPSA) is 46.5 Å². The largest absolute Gasteiger partial charge is 0.489 e. The normalized spacial score (nSPS) is 17.2. The first-order chi connectivity index (χ1) is 15.0. The number of carboxylic acid groups (broad SMARTS) is 1. The van der Waals surface area contributed by atoms with Crippen molar-refractivity contribution in [3.63, 3.8) is 0 Å². The van der Waals surface area contributed by atoms with Gasteiger partial charge in [0.1, 0.15) is 12.4 Å². The van der Waals surface area contributed by atoms with Crippen LogP contribution in [0.1, 0.15) is 95.4 Å². The van der Waals surface area contributed by atoms with Crippen LogP contribution in [0.15, 0.2) is 54.1 Å². The molecule has 2 aromatic carbocycles. The van der Waals surface area contributed by atoms with Crippen LogP contribution < -0.4 is 4.74 Å². The Morgan fingerprint density at radius 1 is 1.00 bits per heavy atom. The Hall–Kier alpha value is -2.55. The number of fused-ring (bicyclic) bond motifs is 1. The molecule has 0 spiro atoms. The standard InChI is InChI=1S/C29H38O3/c1-20(2)7-9-23(18-27(30)31)22-10-12-24(13-11-22)32-19-21-8-14-25-26(17-21)29(5,6)16-15-28(25,3)4/h7-8,10-14,17,23H,9,15-16,18-19H2,1-6H3,(H,30,31)/t23-/m1/s1. The smallest absolute Gasteiger partial charge is 0.303 e. The number of rotatable bonds is 8. The molecule has 0 aliphatic heterocycles. The van der Waals surface area contributed by atoms with Crippen molar-refractivity contribution in [3.05, 3.63) is 76.4 Å². The number of aliphatic carboxylic acids is 1. The molecule has 0 heterocycles. The van der Waals surface area contributed by atoms with Crippen LogP contribution in [0.5, 0.6) is 5.75 Å². The van der Waals surface area contributed by atoms with E-state index in [1.165, 1.54) is 35.1 Å². The lowest BCUT2D eigenvalue weighted by atomic mass is 9.63. The maximum absolute atomic E-state index is 11.3. The molecule has 172 valence electrons. The summed E-state index contributed by atoms with van der Waals surface area (Å²) < 4.78 is 6.09. The highest BCUT2D eigenvalue weighted by molar-refractivity contribution is 5.68. The van der Waals surface area contributed by atoms with Crippen LogP contribution in [0.2, 0.25) is 0 Å². The number of carboxylic acids is 1. The van der Waals surface area contributed by atoms with E-state index in [9.17, 15) is 9.90 Å². The average molecular weight is 435 g/mol. The lowest BCUT2D eigenvalue weighted by Crippen LogP contribution is -2.33. The molecule has 2 aromatic rings. The van der Waals surface area contributed by atoms with Crippen molar-refractivity contribution in [1.82, 2.24) is 0 Å². The summed E-state index contributed by atoms with van der Waals surface area (Å²) in [4.78, 5) is 11.3. The van der Waals surface area contributed by atoms with E-state index < -0.39 is 5.97 Å². The molecule has 0 saturated heterocycles. The van der Waals surface area contributed by atoms with Crippen molar-refractivity contribution in [3.8, 4) is 5.75 Å². The minimum Gasteiger partial charge on any atom is -0.489 e. The fourth-order valence-electron chi connectivity index (χ4n) is 4.65. The van der Waals surface area contributed by atoms with Gasteiger partial charge in [-0.2, -0.15) is 0 Å². The van der Waals surface area contributed by atoms with Crippen molar-refractivity contribution in [2.45, 2.75) is 90.6 Å². The van der Waals surface area contributed by atoms with Gasteiger partial charge in [0.15, 0.2) is 0 Å². The van der Waals surface area contributed by atoms with Crippen LogP contribution >= 0.6 is 0 Å². The molecule has 3 nitrogen and oxygen atoms in total. The second kappa shape index (κ2) is 9.52. The minimum atomic E-state index is -0.768. The number of carbonyl (C=O) groups is 1. The first kappa shape index (κ1) is 24.1. The molecule has 1 aliphatic rings. The molecule has 32 heavy (non-hydrogen) atoms. The summed E-state index contributed by atoms with van der Waals surface area (Å²) in [6.07, 6.45) is 5.38. The van der Waals surface area contributed by atoms with Gasteiger partial charge in [0.05, 0.1) is 6.42 Å². The molecule has 0 bridgehead atoms. The predicted octanol–water partition coefficient (Wildman–Crippen LogP) is 7.53. The maximum Gasteiger partial charge on any atom is 0.303 e. The Morgan fingerprint density at radius 2 is 1.62 bits per heavy atom. The molecule has 0 aromatic heterocycles. The van der Waals surface area contributed by atoms with Gasteiger partial charge in [0, 0.05) is 0 Å². The third kappa shape index (κ3) is 5.82.